The fourth-order valence-electron chi connectivity index (χ4n) is 3.11. The first-order valence-electron chi connectivity index (χ1n) is 8.53. The first kappa shape index (κ1) is 19.7. The summed E-state index contributed by atoms with van der Waals surface area (Å²) in [5.74, 6) is -1.54. The Balaban J connectivity index is 2.81. The van der Waals surface area contributed by atoms with Gasteiger partial charge in [0.2, 0.25) is 5.91 Å². The molecule has 2 aromatic carbocycles. The van der Waals surface area contributed by atoms with Crippen LogP contribution in [0, 0.1) is 0 Å². The summed E-state index contributed by atoms with van der Waals surface area (Å²) in [7, 11) is -1.74. The van der Waals surface area contributed by atoms with Crippen LogP contribution in [0.25, 0.3) is 16.3 Å². The Labute approximate surface area is 155 Å². The van der Waals surface area contributed by atoms with E-state index in [4.69, 9.17) is 0 Å². The minimum absolute atomic E-state index is 0.0806. The van der Waals surface area contributed by atoms with Crippen LogP contribution < -0.4 is 10.5 Å². The minimum atomic E-state index is -1.74. The molecule has 0 aliphatic rings. The van der Waals surface area contributed by atoms with Crippen molar-refractivity contribution in [2.24, 2.45) is 0 Å². The van der Waals surface area contributed by atoms with Crippen molar-refractivity contribution in [1.29, 1.82) is 0 Å². The molecule has 0 fully saturated rings. The summed E-state index contributed by atoms with van der Waals surface area (Å²) in [4.78, 5) is 23.1. The zero-order chi connectivity index (χ0) is 19.5. The van der Waals surface area contributed by atoms with E-state index in [0.717, 1.165) is 22.4 Å². The molecule has 0 saturated carbocycles. The highest BCUT2D eigenvalue weighted by atomic mass is 28.3. The van der Waals surface area contributed by atoms with E-state index in [-0.39, 0.29) is 5.70 Å². The number of amides is 1. The van der Waals surface area contributed by atoms with E-state index in [1.54, 1.807) is 6.92 Å². The van der Waals surface area contributed by atoms with Gasteiger partial charge in [0.25, 0.3) is 0 Å². The van der Waals surface area contributed by atoms with E-state index in [1.165, 1.54) is 12.1 Å². The molecule has 4 nitrogen and oxygen atoms in total. The van der Waals surface area contributed by atoms with Gasteiger partial charge in [-0.25, -0.2) is 4.79 Å². The van der Waals surface area contributed by atoms with Crippen LogP contribution in [0.3, 0.4) is 0 Å². The molecule has 136 valence electrons. The number of carboxylic acids is 1. The minimum Gasteiger partial charge on any atom is -0.477 e. The standard InChI is InChI=1S/C21H25NO3Si/c1-6-11-26(4,5)17-12-16-9-7-8-10-18(16)19(13-17)14(2)20(21(24)25)22-15(3)23/h6-10,12-13H,1,11H2,2-5H3,(H,22,23)(H,24,25)/b20-14+. The lowest BCUT2D eigenvalue weighted by molar-refractivity contribution is -0.134. The number of benzene rings is 2. The third-order valence-corrected chi connectivity index (χ3v) is 7.75. The van der Waals surface area contributed by atoms with E-state index in [9.17, 15) is 14.7 Å². The lowest BCUT2D eigenvalue weighted by atomic mass is 9.97. The molecule has 0 heterocycles. The number of carbonyl (C=O) groups excluding carboxylic acids is 1. The predicted octanol–water partition coefficient (Wildman–Crippen LogP) is 3.89. The van der Waals surface area contributed by atoms with E-state index in [0.29, 0.717) is 5.57 Å². The second kappa shape index (κ2) is 7.70. The van der Waals surface area contributed by atoms with Crippen LogP contribution in [0.4, 0.5) is 0 Å². The molecule has 0 aliphatic heterocycles. The van der Waals surface area contributed by atoms with Gasteiger partial charge in [0.1, 0.15) is 5.70 Å². The highest BCUT2D eigenvalue weighted by molar-refractivity contribution is 6.90. The van der Waals surface area contributed by atoms with Crippen LogP contribution >= 0.6 is 0 Å². The fourth-order valence-corrected chi connectivity index (χ4v) is 5.15. The van der Waals surface area contributed by atoms with Gasteiger partial charge in [-0.1, -0.05) is 60.8 Å². The molecule has 0 bridgehead atoms. The number of fused-ring (bicyclic) bond motifs is 1. The Morgan fingerprint density at radius 2 is 1.85 bits per heavy atom. The van der Waals surface area contributed by atoms with Crippen molar-refractivity contribution >= 4 is 41.5 Å². The van der Waals surface area contributed by atoms with Crippen molar-refractivity contribution in [3.63, 3.8) is 0 Å². The maximum absolute atomic E-state index is 11.7. The Kier molecular flexibility index (Phi) is 5.82. The second-order valence-electron chi connectivity index (χ2n) is 7.11. The Bertz CT molecular complexity index is 913. The molecule has 2 rings (SSSR count). The number of carboxylic acid groups (broad SMARTS) is 1. The van der Waals surface area contributed by atoms with Gasteiger partial charge in [-0.15, -0.1) is 6.58 Å². The van der Waals surface area contributed by atoms with Gasteiger partial charge in [0.15, 0.2) is 0 Å². The number of nitrogens with one attached hydrogen (secondary N) is 1. The summed E-state index contributed by atoms with van der Waals surface area (Å²) >= 11 is 0. The molecule has 2 aromatic rings. The molecular formula is C21H25NO3Si. The highest BCUT2D eigenvalue weighted by Gasteiger charge is 2.24. The third-order valence-electron chi connectivity index (χ3n) is 4.59. The summed E-state index contributed by atoms with van der Waals surface area (Å²) in [5, 5.41) is 15.3. The molecule has 0 atom stereocenters. The van der Waals surface area contributed by atoms with Gasteiger partial charge in [0, 0.05) is 6.92 Å². The molecule has 2 N–H and O–H groups in total. The summed E-state index contributed by atoms with van der Waals surface area (Å²) in [6, 6.07) is 13.1. The van der Waals surface area contributed by atoms with Crippen molar-refractivity contribution in [2.75, 3.05) is 0 Å². The van der Waals surface area contributed by atoms with Gasteiger partial charge in [-0.05, 0) is 34.9 Å². The number of rotatable bonds is 6. The van der Waals surface area contributed by atoms with E-state index in [1.807, 2.05) is 30.3 Å². The highest BCUT2D eigenvalue weighted by Crippen LogP contribution is 2.27. The quantitative estimate of drug-likeness (QED) is 0.462. The molecule has 0 aliphatic carbocycles. The summed E-state index contributed by atoms with van der Waals surface area (Å²) in [6.45, 7) is 11.5. The first-order valence-corrected chi connectivity index (χ1v) is 11.7. The second-order valence-corrected chi connectivity index (χ2v) is 11.9. The summed E-state index contributed by atoms with van der Waals surface area (Å²) in [6.07, 6.45) is 1.95. The van der Waals surface area contributed by atoms with Gasteiger partial charge in [-0.2, -0.15) is 0 Å². The maximum atomic E-state index is 11.7. The van der Waals surface area contributed by atoms with Crippen molar-refractivity contribution in [3.05, 3.63) is 60.3 Å². The van der Waals surface area contributed by atoms with Gasteiger partial charge in [0.05, 0.1) is 8.07 Å². The molecule has 5 heteroatoms. The van der Waals surface area contributed by atoms with Crippen LogP contribution in [0.1, 0.15) is 19.4 Å². The van der Waals surface area contributed by atoms with E-state index >= 15 is 0 Å². The number of hydrogen-bond donors (Lipinski definition) is 2. The lowest BCUT2D eigenvalue weighted by Gasteiger charge is -2.24. The Hall–Kier alpha value is -2.66. The van der Waals surface area contributed by atoms with Gasteiger partial charge >= 0.3 is 5.97 Å². The lowest BCUT2D eigenvalue weighted by Crippen LogP contribution is -2.40. The largest absolute Gasteiger partial charge is 0.477 e. The predicted molar refractivity (Wildman–Crippen MR) is 110 cm³/mol. The summed E-state index contributed by atoms with van der Waals surface area (Å²) < 4.78 is 0. The molecule has 1 amide bonds. The molecule has 0 saturated heterocycles. The smallest absolute Gasteiger partial charge is 0.352 e. The van der Waals surface area contributed by atoms with E-state index in [2.05, 4.69) is 37.1 Å². The number of hydrogen-bond acceptors (Lipinski definition) is 2. The SMILES string of the molecule is C=CC[Si](C)(C)c1cc(/C(C)=C(/NC(C)=O)C(=O)O)c2ccccc2c1. The molecule has 0 aromatic heterocycles. The fraction of sp³-hybridized carbons (Fsp3) is 0.238. The molecule has 0 spiro atoms. The molecule has 26 heavy (non-hydrogen) atoms. The summed E-state index contributed by atoms with van der Waals surface area (Å²) in [5.41, 5.74) is 1.31. The van der Waals surface area contributed by atoms with Crippen molar-refractivity contribution in [2.45, 2.75) is 33.0 Å². The van der Waals surface area contributed by atoms with Crippen LogP contribution in [0.15, 0.2) is 54.8 Å². The zero-order valence-electron chi connectivity index (χ0n) is 15.7. The van der Waals surface area contributed by atoms with Crippen LogP contribution in [-0.2, 0) is 9.59 Å². The van der Waals surface area contributed by atoms with E-state index < -0.39 is 20.0 Å². The average molecular weight is 368 g/mol. The van der Waals surface area contributed by atoms with Gasteiger partial charge in [-0.3, -0.25) is 4.79 Å². The topological polar surface area (TPSA) is 66.4 Å². The number of carbonyl (C=O) groups is 2. The zero-order valence-corrected chi connectivity index (χ0v) is 16.7. The molecule has 0 radical (unpaired) electrons. The van der Waals surface area contributed by atoms with Crippen LogP contribution in [0.2, 0.25) is 19.1 Å². The average Bonchev–Trinajstić information content (AvgIpc) is 2.57. The van der Waals surface area contributed by atoms with Gasteiger partial charge < -0.3 is 10.4 Å². The monoisotopic (exact) mass is 367 g/mol. The normalized spacial score (nSPS) is 12.5. The van der Waals surface area contributed by atoms with Crippen LogP contribution in [0.5, 0.6) is 0 Å². The Morgan fingerprint density at radius 3 is 2.42 bits per heavy atom. The van der Waals surface area contributed by atoms with Crippen molar-refractivity contribution in [1.82, 2.24) is 5.32 Å². The first-order chi connectivity index (χ1) is 12.2. The number of aliphatic carboxylic acids is 1. The van der Waals surface area contributed by atoms with Crippen molar-refractivity contribution in [3.8, 4) is 0 Å². The maximum Gasteiger partial charge on any atom is 0.352 e. The Morgan fingerprint density at radius 1 is 1.19 bits per heavy atom. The third kappa shape index (κ3) is 4.11. The molecular weight excluding hydrogens is 342 g/mol. The number of allylic oxidation sites excluding steroid dienone is 2. The van der Waals surface area contributed by atoms with Crippen LogP contribution in [-0.4, -0.2) is 25.1 Å². The molecule has 0 unspecified atom stereocenters. The van der Waals surface area contributed by atoms with Crippen molar-refractivity contribution < 1.29 is 14.7 Å².